The van der Waals surface area contributed by atoms with Gasteiger partial charge in [0.05, 0.1) is 13.1 Å². The number of nitrogens with zero attached hydrogens (tertiary/aromatic N) is 1. The number of piperidine rings is 3. The number of benzene rings is 2. The molecule has 3 aliphatic heterocycles. The number of halogens is 1. The van der Waals surface area contributed by atoms with Crippen LogP contribution in [0.1, 0.15) is 36.8 Å². The Morgan fingerprint density at radius 2 is 1.53 bits per heavy atom. The van der Waals surface area contributed by atoms with Gasteiger partial charge in [0.25, 0.3) is 0 Å². The van der Waals surface area contributed by atoms with Crippen molar-refractivity contribution in [3.05, 3.63) is 71.8 Å². The van der Waals surface area contributed by atoms with E-state index < -0.39 is 11.6 Å². The fraction of sp³-hybridized carbons (Fsp3) is 0.444. The number of carbonyl (C=O) groups excluding carboxylic acids is 1. The van der Waals surface area contributed by atoms with Crippen LogP contribution in [0.5, 0.6) is 0 Å². The van der Waals surface area contributed by atoms with Crippen molar-refractivity contribution in [3.63, 3.8) is 0 Å². The van der Waals surface area contributed by atoms with E-state index in [1.165, 1.54) is 12.8 Å². The third kappa shape index (κ3) is 4.50. The van der Waals surface area contributed by atoms with Gasteiger partial charge in [-0.15, -0.1) is 0 Å². The van der Waals surface area contributed by atoms with Crippen molar-refractivity contribution in [2.45, 2.75) is 37.4 Å². The van der Waals surface area contributed by atoms with Crippen LogP contribution in [0.2, 0.25) is 0 Å². The largest absolute Gasteiger partial charge is 1.00 e. The van der Waals surface area contributed by atoms with E-state index in [0.717, 1.165) is 43.5 Å². The molecule has 32 heavy (non-hydrogen) atoms. The highest BCUT2D eigenvalue weighted by Gasteiger charge is 2.50. The molecule has 1 saturated carbocycles. The third-order valence-corrected chi connectivity index (χ3v) is 7.28. The van der Waals surface area contributed by atoms with Gasteiger partial charge in [0, 0.05) is 24.7 Å². The van der Waals surface area contributed by atoms with Gasteiger partial charge >= 0.3 is 5.97 Å². The topological polar surface area (TPSA) is 46.5 Å². The molecule has 0 radical (unpaired) electrons. The van der Waals surface area contributed by atoms with E-state index in [4.69, 9.17) is 4.74 Å². The van der Waals surface area contributed by atoms with Crippen LogP contribution in [0.4, 0.5) is 0 Å². The van der Waals surface area contributed by atoms with Gasteiger partial charge in [0.15, 0.2) is 6.10 Å². The highest BCUT2D eigenvalue weighted by atomic mass is 79.9. The summed E-state index contributed by atoms with van der Waals surface area (Å²) in [7, 11) is 0. The van der Waals surface area contributed by atoms with Gasteiger partial charge < -0.3 is 31.3 Å². The molecule has 2 aromatic carbocycles. The predicted octanol–water partition coefficient (Wildman–Crippen LogP) is 0.492. The van der Waals surface area contributed by atoms with Crippen molar-refractivity contribution in [2.24, 2.45) is 11.8 Å². The van der Waals surface area contributed by atoms with Crippen molar-refractivity contribution in [2.75, 3.05) is 26.2 Å². The number of hydrogen-bond donors (Lipinski definition) is 1. The summed E-state index contributed by atoms with van der Waals surface area (Å²) in [6.07, 6.45) is 4.42. The Hall–Kier alpha value is -2.13. The number of aliphatic hydroxyl groups is 1. The van der Waals surface area contributed by atoms with Crippen LogP contribution < -0.4 is 17.0 Å². The minimum atomic E-state index is -1.81. The maximum absolute atomic E-state index is 13.5. The molecular weight excluding hydrogens is 466 g/mol. The SMILES string of the molecule is O=C(O[C@H]1C[N+]2(CC#CC3CC3)CCC1CC2)C(O)(c1ccccc1)c1ccccc1.[Br-]. The van der Waals surface area contributed by atoms with E-state index in [2.05, 4.69) is 11.8 Å². The normalized spacial score (nSPS) is 26.4. The molecule has 0 unspecified atom stereocenters. The summed E-state index contributed by atoms with van der Waals surface area (Å²) in [4.78, 5) is 13.5. The van der Waals surface area contributed by atoms with Crippen LogP contribution >= 0.6 is 0 Å². The lowest BCUT2D eigenvalue weighted by Gasteiger charge is -2.51. The minimum absolute atomic E-state index is 0. The smallest absolute Gasteiger partial charge is 0.348 e. The first-order chi connectivity index (χ1) is 15.1. The average Bonchev–Trinajstić information content (AvgIpc) is 3.65. The van der Waals surface area contributed by atoms with Gasteiger partial charge in [-0.2, -0.15) is 0 Å². The first-order valence-electron chi connectivity index (χ1n) is 11.5. The summed E-state index contributed by atoms with van der Waals surface area (Å²) in [5, 5.41) is 11.7. The second kappa shape index (κ2) is 9.39. The van der Waals surface area contributed by atoms with Crippen molar-refractivity contribution in [1.82, 2.24) is 0 Å². The van der Waals surface area contributed by atoms with E-state index in [9.17, 15) is 9.90 Å². The van der Waals surface area contributed by atoms with E-state index in [0.29, 0.717) is 23.0 Å². The van der Waals surface area contributed by atoms with E-state index in [1.54, 1.807) is 24.3 Å². The Morgan fingerprint density at radius 3 is 2.06 bits per heavy atom. The molecule has 4 fully saturated rings. The van der Waals surface area contributed by atoms with E-state index >= 15 is 0 Å². The molecule has 6 rings (SSSR count). The highest BCUT2D eigenvalue weighted by molar-refractivity contribution is 5.85. The zero-order valence-electron chi connectivity index (χ0n) is 18.3. The van der Waals surface area contributed by atoms with Crippen molar-refractivity contribution in [3.8, 4) is 11.8 Å². The Labute approximate surface area is 200 Å². The molecular formula is C27H30BrNO3. The van der Waals surface area contributed by atoms with Crippen LogP contribution in [0.25, 0.3) is 0 Å². The summed E-state index contributed by atoms with van der Waals surface area (Å²) in [6.45, 7) is 3.87. The highest BCUT2D eigenvalue weighted by Crippen LogP contribution is 2.38. The maximum atomic E-state index is 13.5. The monoisotopic (exact) mass is 495 g/mol. The van der Waals surface area contributed by atoms with Crippen LogP contribution in [-0.4, -0.2) is 47.8 Å². The van der Waals surface area contributed by atoms with Crippen LogP contribution in [-0.2, 0) is 15.1 Å². The Morgan fingerprint density at radius 1 is 0.969 bits per heavy atom. The lowest BCUT2D eigenvalue weighted by atomic mass is 9.82. The van der Waals surface area contributed by atoms with Gasteiger partial charge in [0.2, 0.25) is 5.60 Å². The lowest BCUT2D eigenvalue weighted by molar-refractivity contribution is -0.939. The molecule has 2 aromatic rings. The van der Waals surface area contributed by atoms with Crippen molar-refractivity contribution < 1.29 is 36.1 Å². The fourth-order valence-corrected chi connectivity index (χ4v) is 5.15. The molecule has 5 heteroatoms. The number of esters is 1. The first-order valence-corrected chi connectivity index (χ1v) is 11.5. The quantitative estimate of drug-likeness (QED) is 0.373. The fourth-order valence-electron chi connectivity index (χ4n) is 5.15. The number of rotatable bonds is 5. The number of fused-ring (bicyclic) bond motifs is 3. The van der Waals surface area contributed by atoms with E-state index in [-0.39, 0.29) is 23.1 Å². The molecule has 1 atom stereocenters. The first kappa shape index (κ1) is 23.0. The Kier molecular flexibility index (Phi) is 6.76. The second-order valence-electron chi connectivity index (χ2n) is 9.45. The van der Waals surface area contributed by atoms with Crippen LogP contribution in [0.15, 0.2) is 60.7 Å². The third-order valence-electron chi connectivity index (χ3n) is 7.28. The summed E-state index contributed by atoms with van der Waals surface area (Å²) >= 11 is 0. The van der Waals surface area contributed by atoms with Crippen LogP contribution in [0, 0.1) is 23.7 Å². The van der Waals surface area contributed by atoms with Crippen molar-refractivity contribution in [1.29, 1.82) is 0 Å². The molecule has 1 N–H and O–H groups in total. The summed E-state index contributed by atoms with van der Waals surface area (Å²) in [6, 6.07) is 18.2. The maximum Gasteiger partial charge on any atom is 0.348 e. The molecule has 0 amide bonds. The van der Waals surface area contributed by atoms with Gasteiger partial charge in [-0.05, 0) is 29.9 Å². The zero-order chi connectivity index (χ0) is 21.3. The van der Waals surface area contributed by atoms with Crippen molar-refractivity contribution >= 4 is 5.97 Å². The summed E-state index contributed by atoms with van der Waals surface area (Å²) < 4.78 is 7.03. The Bertz CT molecular complexity index is 946. The van der Waals surface area contributed by atoms with E-state index in [1.807, 2.05) is 36.4 Å². The number of quaternary nitrogens is 1. The minimum Gasteiger partial charge on any atom is -1.00 e. The summed E-state index contributed by atoms with van der Waals surface area (Å²) in [5.41, 5.74) is -0.746. The molecule has 4 nitrogen and oxygen atoms in total. The van der Waals surface area contributed by atoms with Gasteiger partial charge in [-0.1, -0.05) is 66.6 Å². The molecule has 2 bridgehead atoms. The molecule has 3 saturated heterocycles. The Balaban J connectivity index is 0.00000245. The van der Waals surface area contributed by atoms with Gasteiger partial charge in [-0.25, -0.2) is 4.79 Å². The van der Waals surface area contributed by atoms with Gasteiger partial charge in [0.1, 0.15) is 13.1 Å². The molecule has 3 heterocycles. The molecule has 0 spiro atoms. The number of hydrogen-bond acceptors (Lipinski definition) is 3. The second-order valence-corrected chi connectivity index (χ2v) is 9.45. The average molecular weight is 496 g/mol. The summed E-state index contributed by atoms with van der Waals surface area (Å²) in [5.74, 6) is 7.22. The molecule has 4 aliphatic rings. The molecule has 168 valence electrons. The predicted molar refractivity (Wildman–Crippen MR) is 119 cm³/mol. The molecule has 0 aromatic heterocycles. The standard InChI is InChI=1S/C27H30NO3.BrH/c29-26(27(30,23-9-3-1-4-10-23)24-11-5-2-6-12-24)31-25-20-28(17-7-8-21-13-14-21)18-15-22(25)16-19-28;/h1-6,9-12,21-22,25,30H,13-20H2;1H/q+1;/p-1/t22?,25-,28?;/m0./s1. The lowest BCUT2D eigenvalue weighted by Crippen LogP contribution is -3.00. The zero-order valence-corrected chi connectivity index (χ0v) is 19.8. The molecule has 1 aliphatic carbocycles. The number of carbonyl (C=O) groups is 1. The van der Waals surface area contributed by atoms with Gasteiger partial charge in [-0.3, -0.25) is 0 Å². The van der Waals surface area contributed by atoms with Crippen LogP contribution in [0.3, 0.4) is 0 Å². The number of ether oxygens (including phenoxy) is 1.